The van der Waals surface area contributed by atoms with Crippen LogP contribution in [0.25, 0.3) is 0 Å². The second-order valence-electron chi connectivity index (χ2n) is 5.33. The highest BCUT2D eigenvalue weighted by molar-refractivity contribution is 5.95. The second-order valence-corrected chi connectivity index (χ2v) is 5.33. The summed E-state index contributed by atoms with van der Waals surface area (Å²) >= 11 is 0. The average Bonchev–Trinajstić information content (AvgIpc) is 2.60. The summed E-state index contributed by atoms with van der Waals surface area (Å²) in [4.78, 5) is 23.7. The van der Waals surface area contributed by atoms with Gasteiger partial charge in [0.15, 0.2) is 6.61 Å². The summed E-state index contributed by atoms with van der Waals surface area (Å²) in [7, 11) is 1.52. The van der Waals surface area contributed by atoms with Crippen molar-refractivity contribution in [2.45, 2.75) is 12.8 Å². The van der Waals surface area contributed by atoms with Crippen LogP contribution in [0.5, 0.6) is 0 Å². The Morgan fingerprint density at radius 3 is 2.38 bits per heavy atom. The molecule has 0 heterocycles. The highest BCUT2D eigenvalue weighted by Crippen LogP contribution is 2.29. The van der Waals surface area contributed by atoms with Crippen molar-refractivity contribution in [3.8, 4) is 0 Å². The molecule has 5 nitrogen and oxygen atoms in total. The standard InChI is InChI=1S/C18H16F3NO4/c1-25-10-12-3-2-4-13(9-12)17(24)26-11-16(23)22-15-7-5-14(6-8-15)18(19,20)21/h2-9H,10-11H2,1H3,(H,22,23). The van der Waals surface area contributed by atoms with Crippen LogP contribution >= 0.6 is 0 Å². The molecule has 0 radical (unpaired) electrons. The van der Waals surface area contributed by atoms with E-state index in [1.165, 1.54) is 13.2 Å². The van der Waals surface area contributed by atoms with Crippen LogP contribution in [0.4, 0.5) is 18.9 Å². The fraction of sp³-hybridized carbons (Fsp3) is 0.222. The third kappa shape index (κ3) is 5.59. The first-order valence-corrected chi connectivity index (χ1v) is 7.51. The van der Waals surface area contributed by atoms with E-state index in [2.05, 4.69) is 5.32 Å². The van der Waals surface area contributed by atoms with Gasteiger partial charge in [0.25, 0.3) is 5.91 Å². The zero-order chi connectivity index (χ0) is 19.2. The lowest BCUT2D eigenvalue weighted by Gasteiger charge is -2.09. The lowest BCUT2D eigenvalue weighted by atomic mass is 10.1. The minimum atomic E-state index is -4.45. The van der Waals surface area contributed by atoms with E-state index in [-0.39, 0.29) is 11.3 Å². The molecule has 0 saturated heterocycles. The van der Waals surface area contributed by atoms with Crippen LogP contribution < -0.4 is 5.32 Å². The van der Waals surface area contributed by atoms with Crippen molar-refractivity contribution >= 4 is 17.6 Å². The maximum atomic E-state index is 12.5. The molecule has 2 rings (SSSR count). The van der Waals surface area contributed by atoms with E-state index in [1.807, 2.05) is 0 Å². The van der Waals surface area contributed by atoms with Gasteiger partial charge in [0.1, 0.15) is 0 Å². The van der Waals surface area contributed by atoms with Crippen LogP contribution in [0.2, 0.25) is 0 Å². The van der Waals surface area contributed by atoms with Gasteiger partial charge in [-0.05, 0) is 42.0 Å². The molecule has 0 aliphatic heterocycles. The third-order valence-electron chi connectivity index (χ3n) is 3.30. The molecular weight excluding hydrogens is 351 g/mol. The van der Waals surface area contributed by atoms with Crippen LogP contribution in [-0.4, -0.2) is 25.6 Å². The van der Waals surface area contributed by atoms with Crippen molar-refractivity contribution in [3.05, 3.63) is 65.2 Å². The van der Waals surface area contributed by atoms with E-state index in [1.54, 1.807) is 18.2 Å². The molecule has 2 aromatic carbocycles. The van der Waals surface area contributed by atoms with Crippen molar-refractivity contribution in [2.24, 2.45) is 0 Å². The number of alkyl halides is 3. The van der Waals surface area contributed by atoms with Crippen LogP contribution in [0.1, 0.15) is 21.5 Å². The number of methoxy groups -OCH3 is 1. The highest BCUT2D eigenvalue weighted by atomic mass is 19.4. The van der Waals surface area contributed by atoms with Gasteiger partial charge in [-0.25, -0.2) is 4.79 Å². The van der Waals surface area contributed by atoms with Crippen molar-refractivity contribution in [1.82, 2.24) is 0 Å². The molecule has 0 spiro atoms. The molecule has 0 unspecified atom stereocenters. The summed E-state index contributed by atoms with van der Waals surface area (Å²) in [6, 6.07) is 10.5. The maximum Gasteiger partial charge on any atom is 0.416 e. The van der Waals surface area contributed by atoms with Crippen molar-refractivity contribution in [3.63, 3.8) is 0 Å². The minimum Gasteiger partial charge on any atom is -0.452 e. The number of esters is 1. The van der Waals surface area contributed by atoms with E-state index >= 15 is 0 Å². The first-order valence-electron chi connectivity index (χ1n) is 7.51. The van der Waals surface area contributed by atoms with E-state index in [0.717, 1.165) is 29.8 Å². The molecule has 1 amide bonds. The smallest absolute Gasteiger partial charge is 0.416 e. The number of hydrogen-bond acceptors (Lipinski definition) is 4. The summed E-state index contributed by atoms with van der Waals surface area (Å²) in [5.74, 6) is -1.35. The van der Waals surface area contributed by atoms with Crippen LogP contribution in [0.3, 0.4) is 0 Å². The number of halogens is 3. The Hall–Kier alpha value is -2.87. The van der Waals surface area contributed by atoms with Crippen LogP contribution in [0.15, 0.2) is 48.5 Å². The zero-order valence-electron chi connectivity index (χ0n) is 13.8. The van der Waals surface area contributed by atoms with Gasteiger partial charge in [0.05, 0.1) is 17.7 Å². The first-order chi connectivity index (χ1) is 12.3. The lowest BCUT2D eigenvalue weighted by Crippen LogP contribution is -2.21. The first kappa shape index (κ1) is 19.5. The van der Waals surface area contributed by atoms with E-state index < -0.39 is 30.2 Å². The molecule has 8 heteroatoms. The second kappa shape index (κ2) is 8.48. The molecule has 1 N–H and O–H groups in total. The van der Waals surface area contributed by atoms with Gasteiger partial charge < -0.3 is 14.8 Å². The molecule has 0 aliphatic carbocycles. The Bertz CT molecular complexity index is 773. The molecular formula is C18H16F3NO4. The topological polar surface area (TPSA) is 64.6 Å². The fourth-order valence-electron chi connectivity index (χ4n) is 2.11. The van der Waals surface area contributed by atoms with Gasteiger partial charge in [-0.1, -0.05) is 12.1 Å². The Kier molecular flexibility index (Phi) is 6.35. The molecule has 0 bridgehead atoms. The van der Waals surface area contributed by atoms with E-state index in [4.69, 9.17) is 9.47 Å². The van der Waals surface area contributed by atoms with Gasteiger partial charge >= 0.3 is 12.1 Å². The number of ether oxygens (including phenoxy) is 2. The SMILES string of the molecule is COCc1cccc(C(=O)OCC(=O)Nc2ccc(C(F)(F)F)cc2)c1. The summed E-state index contributed by atoms with van der Waals surface area (Å²) in [6.45, 7) is -0.232. The molecule has 0 aliphatic rings. The van der Waals surface area contributed by atoms with Gasteiger partial charge in [-0.2, -0.15) is 13.2 Å². The summed E-state index contributed by atoms with van der Waals surface area (Å²) in [5, 5.41) is 2.36. The van der Waals surface area contributed by atoms with E-state index in [0.29, 0.717) is 6.61 Å². The molecule has 138 valence electrons. The maximum absolute atomic E-state index is 12.5. The predicted molar refractivity (Wildman–Crippen MR) is 87.5 cm³/mol. The number of hydrogen-bond donors (Lipinski definition) is 1. The monoisotopic (exact) mass is 367 g/mol. The van der Waals surface area contributed by atoms with Crippen LogP contribution in [-0.2, 0) is 27.1 Å². The highest BCUT2D eigenvalue weighted by Gasteiger charge is 2.30. The molecule has 0 saturated carbocycles. The number of nitrogens with one attached hydrogen (secondary N) is 1. The van der Waals surface area contributed by atoms with Gasteiger partial charge in [-0.3, -0.25) is 4.79 Å². The Labute approximate surface area is 147 Å². The van der Waals surface area contributed by atoms with Gasteiger partial charge in [-0.15, -0.1) is 0 Å². The summed E-state index contributed by atoms with van der Waals surface area (Å²) in [5.41, 5.74) is 0.386. The minimum absolute atomic E-state index is 0.168. The Morgan fingerprint density at radius 1 is 1.08 bits per heavy atom. The number of carbonyl (C=O) groups is 2. The zero-order valence-corrected chi connectivity index (χ0v) is 13.8. The van der Waals surface area contributed by atoms with Crippen molar-refractivity contribution in [1.29, 1.82) is 0 Å². The Morgan fingerprint density at radius 2 is 1.77 bits per heavy atom. The number of carbonyl (C=O) groups excluding carboxylic acids is 2. The largest absolute Gasteiger partial charge is 0.452 e. The molecule has 0 aromatic heterocycles. The normalized spacial score (nSPS) is 11.1. The fourth-order valence-corrected chi connectivity index (χ4v) is 2.11. The van der Waals surface area contributed by atoms with Crippen molar-refractivity contribution < 1.29 is 32.2 Å². The quantitative estimate of drug-likeness (QED) is 0.792. The lowest BCUT2D eigenvalue weighted by molar-refractivity contribution is -0.137. The molecule has 26 heavy (non-hydrogen) atoms. The predicted octanol–water partition coefficient (Wildman–Crippen LogP) is 3.65. The number of rotatable bonds is 6. The number of anilines is 1. The van der Waals surface area contributed by atoms with Gasteiger partial charge in [0, 0.05) is 12.8 Å². The molecule has 0 fully saturated rings. The molecule has 0 atom stereocenters. The summed E-state index contributed by atoms with van der Waals surface area (Å²) < 4.78 is 47.3. The van der Waals surface area contributed by atoms with Crippen LogP contribution in [0, 0.1) is 0 Å². The van der Waals surface area contributed by atoms with E-state index in [9.17, 15) is 22.8 Å². The summed E-state index contributed by atoms with van der Waals surface area (Å²) in [6.07, 6.45) is -4.45. The van der Waals surface area contributed by atoms with Crippen molar-refractivity contribution in [2.75, 3.05) is 19.0 Å². The average molecular weight is 367 g/mol. The van der Waals surface area contributed by atoms with Gasteiger partial charge in [0.2, 0.25) is 0 Å². The Balaban J connectivity index is 1.88. The number of benzene rings is 2. The third-order valence-corrected chi connectivity index (χ3v) is 3.30. The number of amides is 1. The molecule has 2 aromatic rings.